The van der Waals surface area contributed by atoms with E-state index in [9.17, 15) is 14.3 Å². The summed E-state index contributed by atoms with van der Waals surface area (Å²) in [6.07, 6.45) is 34.2. The van der Waals surface area contributed by atoms with E-state index >= 15 is 0 Å². The Morgan fingerprint density at radius 2 is 0.939 bits per heavy atom. The number of hydrogen-bond acceptors (Lipinski definition) is 6. The van der Waals surface area contributed by atoms with Crippen molar-refractivity contribution in [3.63, 3.8) is 0 Å². The Balaban J connectivity index is 4.12. The molecule has 49 heavy (non-hydrogen) atoms. The Morgan fingerprint density at radius 1 is 0.551 bits per heavy atom. The summed E-state index contributed by atoms with van der Waals surface area (Å²) in [6, 6.07) is 0. The standard InChI is InChI=1S/C40H82NO7P/c1-6-8-10-12-14-16-17-18-19-20-21-22-23-24-26-28-30-32-35-45-37-39(38-47-49(43,44)46-36-34-41(3,4)5)48-40(42)33-31-29-27-25-15-13-11-9-7-2/h39H,6-38H2,1-5H3/p+1. The molecule has 0 aromatic heterocycles. The maximum absolute atomic E-state index is 12.6. The van der Waals surface area contributed by atoms with Crippen molar-refractivity contribution in [1.82, 2.24) is 0 Å². The predicted octanol–water partition coefficient (Wildman–Crippen LogP) is 11.7. The molecule has 0 radical (unpaired) electrons. The first kappa shape index (κ1) is 48.5. The van der Waals surface area contributed by atoms with Crippen LogP contribution in [0.15, 0.2) is 0 Å². The van der Waals surface area contributed by atoms with Crippen LogP contribution in [0.4, 0.5) is 0 Å². The third-order valence-electron chi connectivity index (χ3n) is 9.17. The van der Waals surface area contributed by atoms with E-state index in [4.69, 9.17) is 18.5 Å². The number of carbonyl (C=O) groups excluding carboxylic acids is 1. The van der Waals surface area contributed by atoms with Gasteiger partial charge < -0.3 is 18.9 Å². The minimum atomic E-state index is -4.26. The quantitative estimate of drug-likeness (QED) is 0.0292. The summed E-state index contributed by atoms with van der Waals surface area (Å²) in [5, 5.41) is 0. The molecule has 0 spiro atoms. The van der Waals surface area contributed by atoms with Gasteiger partial charge in [-0.3, -0.25) is 13.8 Å². The van der Waals surface area contributed by atoms with E-state index in [1.165, 1.54) is 141 Å². The molecule has 294 valence electrons. The van der Waals surface area contributed by atoms with Crippen LogP contribution in [0.1, 0.15) is 194 Å². The van der Waals surface area contributed by atoms with E-state index in [0.717, 1.165) is 32.1 Å². The highest BCUT2D eigenvalue weighted by Crippen LogP contribution is 2.43. The molecule has 0 saturated heterocycles. The van der Waals surface area contributed by atoms with Crippen LogP contribution in [0.3, 0.4) is 0 Å². The molecule has 0 aromatic carbocycles. The van der Waals surface area contributed by atoms with E-state index in [-0.39, 0.29) is 25.8 Å². The van der Waals surface area contributed by atoms with E-state index in [2.05, 4.69) is 13.8 Å². The minimum Gasteiger partial charge on any atom is -0.457 e. The number of phosphoric acid groups is 1. The zero-order valence-electron chi connectivity index (χ0n) is 33.2. The van der Waals surface area contributed by atoms with Crippen LogP contribution in [0.2, 0.25) is 0 Å². The van der Waals surface area contributed by atoms with Crippen molar-refractivity contribution in [2.45, 2.75) is 200 Å². The van der Waals surface area contributed by atoms with Crippen LogP contribution in [-0.4, -0.2) is 75.6 Å². The van der Waals surface area contributed by atoms with Crippen LogP contribution in [0, 0.1) is 0 Å². The van der Waals surface area contributed by atoms with Gasteiger partial charge in [0.1, 0.15) is 19.3 Å². The number of quaternary nitrogens is 1. The van der Waals surface area contributed by atoms with E-state index < -0.39 is 13.9 Å². The van der Waals surface area contributed by atoms with Gasteiger partial charge in [0.2, 0.25) is 0 Å². The molecule has 8 nitrogen and oxygen atoms in total. The zero-order chi connectivity index (χ0) is 36.3. The van der Waals surface area contributed by atoms with Gasteiger partial charge in [0.25, 0.3) is 0 Å². The van der Waals surface area contributed by atoms with Crippen molar-refractivity contribution >= 4 is 13.8 Å². The van der Waals surface area contributed by atoms with Crippen molar-refractivity contribution in [2.24, 2.45) is 0 Å². The summed E-state index contributed by atoms with van der Waals surface area (Å²) in [7, 11) is 1.68. The molecular weight excluding hydrogens is 637 g/mol. The summed E-state index contributed by atoms with van der Waals surface area (Å²) in [6.45, 7) is 5.64. The van der Waals surface area contributed by atoms with E-state index in [1.807, 2.05) is 21.1 Å². The molecule has 0 rings (SSSR count). The average Bonchev–Trinajstić information content (AvgIpc) is 3.04. The highest BCUT2D eigenvalue weighted by Gasteiger charge is 2.26. The number of hydrogen-bond donors (Lipinski definition) is 1. The Labute approximate surface area is 304 Å². The molecule has 2 unspecified atom stereocenters. The van der Waals surface area contributed by atoms with Crippen LogP contribution < -0.4 is 0 Å². The highest BCUT2D eigenvalue weighted by molar-refractivity contribution is 7.47. The number of nitrogens with zero attached hydrogens (tertiary/aromatic N) is 1. The Hall–Kier alpha value is -0.500. The number of likely N-dealkylation sites (N-methyl/N-ethyl adjacent to an activating group) is 1. The number of ether oxygens (including phenoxy) is 2. The molecule has 0 aliphatic rings. The first-order chi connectivity index (χ1) is 23.6. The lowest BCUT2D eigenvalue weighted by atomic mass is 10.0. The molecule has 0 fully saturated rings. The maximum atomic E-state index is 12.6. The van der Waals surface area contributed by atoms with Crippen LogP contribution in [0.25, 0.3) is 0 Å². The van der Waals surface area contributed by atoms with E-state index in [0.29, 0.717) is 24.1 Å². The second-order valence-electron chi connectivity index (χ2n) is 15.4. The molecule has 0 aromatic rings. The summed E-state index contributed by atoms with van der Waals surface area (Å²) in [5.74, 6) is -0.313. The first-order valence-corrected chi connectivity index (χ1v) is 22.3. The second-order valence-corrected chi connectivity index (χ2v) is 16.8. The van der Waals surface area contributed by atoms with Crippen molar-refractivity contribution in [2.75, 3.05) is 54.1 Å². The molecule has 0 amide bonds. The van der Waals surface area contributed by atoms with Gasteiger partial charge in [0, 0.05) is 13.0 Å². The fraction of sp³-hybridized carbons (Fsp3) is 0.975. The SMILES string of the molecule is CCCCCCCCCCCCCCCCCCCCOCC(COP(=O)(O)OCC[N+](C)(C)C)OC(=O)CCCCCCCCCCC. The smallest absolute Gasteiger partial charge is 0.457 e. The summed E-state index contributed by atoms with van der Waals surface area (Å²) < 4.78 is 34.9. The largest absolute Gasteiger partial charge is 0.472 e. The summed E-state index contributed by atoms with van der Waals surface area (Å²) in [4.78, 5) is 22.7. The highest BCUT2D eigenvalue weighted by atomic mass is 31.2. The van der Waals surface area contributed by atoms with Gasteiger partial charge in [0.15, 0.2) is 0 Å². The third kappa shape index (κ3) is 38.6. The van der Waals surface area contributed by atoms with Gasteiger partial charge in [0.05, 0.1) is 34.4 Å². The fourth-order valence-corrected chi connectivity index (χ4v) is 6.65. The Morgan fingerprint density at radius 3 is 1.35 bits per heavy atom. The van der Waals surface area contributed by atoms with Crippen molar-refractivity contribution in [3.05, 3.63) is 0 Å². The van der Waals surface area contributed by atoms with Gasteiger partial charge in [-0.25, -0.2) is 4.57 Å². The fourth-order valence-electron chi connectivity index (χ4n) is 5.91. The van der Waals surface area contributed by atoms with Crippen LogP contribution in [-0.2, 0) is 27.9 Å². The van der Waals surface area contributed by atoms with Gasteiger partial charge in [-0.2, -0.15) is 0 Å². The van der Waals surface area contributed by atoms with Gasteiger partial charge >= 0.3 is 13.8 Å². The molecule has 0 heterocycles. The number of carbonyl (C=O) groups is 1. The first-order valence-electron chi connectivity index (χ1n) is 20.8. The van der Waals surface area contributed by atoms with Crippen molar-refractivity contribution in [1.29, 1.82) is 0 Å². The molecule has 0 saturated carbocycles. The van der Waals surface area contributed by atoms with Gasteiger partial charge in [-0.05, 0) is 12.8 Å². The van der Waals surface area contributed by atoms with Crippen LogP contribution in [0.5, 0.6) is 0 Å². The van der Waals surface area contributed by atoms with E-state index in [1.54, 1.807) is 0 Å². The monoisotopic (exact) mass is 721 g/mol. The number of unbranched alkanes of at least 4 members (excludes halogenated alkanes) is 25. The molecular formula is C40H83NO7P+. The van der Waals surface area contributed by atoms with Gasteiger partial charge in [-0.15, -0.1) is 0 Å². The Kier molecular flexibility index (Phi) is 34.2. The van der Waals surface area contributed by atoms with Gasteiger partial charge in [-0.1, -0.05) is 174 Å². The van der Waals surface area contributed by atoms with Crippen molar-refractivity contribution < 1.29 is 37.3 Å². The molecule has 9 heteroatoms. The summed E-state index contributed by atoms with van der Waals surface area (Å²) >= 11 is 0. The normalized spacial score (nSPS) is 13.8. The molecule has 2 atom stereocenters. The molecule has 1 N–H and O–H groups in total. The Bertz CT molecular complexity index is 761. The lowest BCUT2D eigenvalue weighted by molar-refractivity contribution is -0.870. The average molecular weight is 721 g/mol. The van der Waals surface area contributed by atoms with Crippen LogP contribution >= 0.6 is 7.82 Å². The molecule has 0 bridgehead atoms. The number of phosphoric ester groups is 1. The number of esters is 1. The predicted molar refractivity (Wildman–Crippen MR) is 206 cm³/mol. The third-order valence-corrected chi connectivity index (χ3v) is 10.2. The second kappa shape index (κ2) is 34.6. The lowest BCUT2D eigenvalue weighted by Gasteiger charge is -2.24. The lowest BCUT2D eigenvalue weighted by Crippen LogP contribution is -2.37. The minimum absolute atomic E-state index is 0.0934. The molecule has 0 aliphatic carbocycles. The maximum Gasteiger partial charge on any atom is 0.472 e. The summed E-state index contributed by atoms with van der Waals surface area (Å²) in [5.41, 5.74) is 0. The topological polar surface area (TPSA) is 91.3 Å². The number of rotatable bonds is 39. The van der Waals surface area contributed by atoms with Crippen molar-refractivity contribution in [3.8, 4) is 0 Å². The molecule has 0 aliphatic heterocycles. The zero-order valence-corrected chi connectivity index (χ0v) is 34.1.